The maximum atomic E-state index is 11.3. The fourth-order valence-corrected chi connectivity index (χ4v) is 2.17. The number of hydrogen-bond acceptors (Lipinski definition) is 3. The minimum Gasteiger partial charge on any atom is -0.395 e. The van der Waals surface area contributed by atoms with Gasteiger partial charge in [-0.15, -0.1) is 0 Å². The highest BCUT2D eigenvalue weighted by molar-refractivity contribution is 7.92. The molecule has 0 amide bonds. The predicted octanol–water partition coefficient (Wildman–Crippen LogP) is 1.73. The van der Waals surface area contributed by atoms with E-state index >= 15 is 0 Å². The van der Waals surface area contributed by atoms with E-state index in [0.29, 0.717) is 0 Å². The number of halogens is 2. The summed E-state index contributed by atoms with van der Waals surface area (Å²) in [7, 11) is -3.57. The van der Waals surface area contributed by atoms with Crippen molar-refractivity contribution in [2.45, 2.75) is 0 Å². The number of hydrogen-bond donors (Lipinski definition) is 2. The molecular weight excluding hydrogens is 261 g/mol. The fourth-order valence-electron chi connectivity index (χ4n) is 0.921. The maximum Gasteiger partial charge on any atom is 0.235 e. The first-order valence-corrected chi connectivity index (χ1v) is 6.42. The van der Waals surface area contributed by atoms with Gasteiger partial charge in [0.2, 0.25) is 10.0 Å². The Kier molecular flexibility index (Phi) is 4.21. The van der Waals surface area contributed by atoms with E-state index in [2.05, 4.69) is 4.72 Å². The average molecular weight is 270 g/mol. The maximum absolute atomic E-state index is 11.3. The third-order valence-electron chi connectivity index (χ3n) is 1.58. The highest BCUT2D eigenvalue weighted by Crippen LogP contribution is 2.30. The summed E-state index contributed by atoms with van der Waals surface area (Å²) in [6.45, 7) is -0.451. The molecule has 15 heavy (non-hydrogen) atoms. The number of rotatable bonds is 4. The summed E-state index contributed by atoms with van der Waals surface area (Å²) in [4.78, 5) is 0. The van der Waals surface area contributed by atoms with Crippen LogP contribution in [0.2, 0.25) is 10.0 Å². The van der Waals surface area contributed by atoms with Crippen molar-refractivity contribution < 1.29 is 13.5 Å². The van der Waals surface area contributed by atoms with Gasteiger partial charge in [-0.25, -0.2) is 8.42 Å². The second-order valence-corrected chi connectivity index (χ2v) is 5.37. The van der Waals surface area contributed by atoms with Crippen LogP contribution in [0.3, 0.4) is 0 Å². The first-order chi connectivity index (χ1) is 6.96. The predicted molar refractivity (Wildman–Crippen MR) is 61.0 cm³/mol. The van der Waals surface area contributed by atoms with Gasteiger partial charge in [0, 0.05) is 0 Å². The van der Waals surface area contributed by atoms with Gasteiger partial charge >= 0.3 is 0 Å². The lowest BCUT2D eigenvalue weighted by Crippen LogP contribution is -2.19. The molecule has 0 unspecified atom stereocenters. The van der Waals surface area contributed by atoms with Crippen LogP contribution in [0.1, 0.15) is 0 Å². The molecule has 0 saturated heterocycles. The van der Waals surface area contributed by atoms with Crippen molar-refractivity contribution in [3.05, 3.63) is 28.2 Å². The molecule has 0 aromatic heterocycles. The van der Waals surface area contributed by atoms with Crippen molar-refractivity contribution in [2.24, 2.45) is 0 Å². The molecule has 0 aliphatic rings. The lowest BCUT2D eigenvalue weighted by molar-refractivity contribution is 0.320. The molecule has 7 heteroatoms. The minimum atomic E-state index is -3.57. The second-order valence-electron chi connectivity index (χ2n) is 2.75. The Morgan fingerprint density at radius 2 is 2.00 bits per heavy atom. The van der Waals surface area contributed by atoms with Gasteiger partial charge in [0.05, 0.1) is 28.1 Å². The zero-order chi connectivity index (χ0) is 11.5. The quantitative estimate of drug-likeness (QED) is 0.875. The number of benzene rings is 1. The van der Waals surface area contributed by atoms with Gasteiger partial charge in [-0.1, -0.05) is 29.3 Å². The molecule has 0 aliphatic heterocycles. The Balaban J connectivity index is 2.95. The summed E-state index contributed by atoms with van der Waals surface area (Å²) in [6.07, 6.45) is 0. The summed E-state index contributed by atoms with van der Waals surface area (Å²) in [6, 6.07) is 4.61. The van der Waals surface area contributed by atoms with Crippen LogP contribution in [0.4, 0.5) is 5.69 Å². The molecule has 0 atom stereocenters. The van der Waals surface area contributed by atoms with Gasteiger partial charge in [-0.2, -0.15) is 0 Å². The molecule has 0 radical (unpaired) electrons. The molecule has 0 bridgehead atoms. The number of nitrogens with one attached hydrogen (secondary N) is 1. The fraction of sp³-hybridized carbons (Fsp3) is 0.250. The van der Waals surface area contributed by atoms with E-state index in [1.807, 2.05) is 0 Å². The molecule has 0 saturated carbocycles. The minimum absolute atomic E-state index is 0.140. The van der Waals surface area contributed by atoms with Crippen LogP contribution < -0.4 is 4.72 Å². The normalized spacial score (nSPS) is 11.4. The van der Waals surface area contributed by atoms with Gasteiger partial charge in [-0.3, -0.25) is 4.72 Å². The van der Waals surface area contributed by atoms with Gasteiger partial charge < -0.3 is 5.11 Å². The van der Waals surface area contributed by atoms with Crippen LogP contribution in [0, 0.1) is 0 Å². The van der Waals surface area contributed by atoms with Crippen LogP contribution in [0.5, 0.6) is 0 Å². The molecule has 1 aromatic rings. The zero-order valence-electron chi connectivity index (χ0n) is 7.57. The molecule has 0 spiro atoms. The highest BCUT2D eigenvalue weighted by Gasteiger charge is 2.12. The number of aliphatic hydroxyl groups is 1. The van der Waals surface area contributed by atoms with Crippen LogP contribution in [-0.4, -0.2) is 25.9 Å². The summed E-state index contributed by atoms with van der Waals surface area (Å²) in [5.41, 5.74) is 0.206. The summed E-state index contributed by atoms with van der Waals surface area (Å²) in [5.74, 6) is -0.379. The lowest BCUT2D eigenvalue weighted by Gasteiger charge is -2.08. The van der Waals surface area contributed by atoms with Crippen LogP contribution in [0.25, 0.3) is 0 Å². The van der Waals surface area contributed by atoms with E-state index in [-0.39, 0.29) is 21.5 Å². The standard InChI is InChI=1S/C8H9Cl2NO3S/c9-6-2-1-3-7(8(6)10)11-15(13,14)5-4-12/h1-3,11-12H,4-5H2. The van der Waals surface area contributed by atoms with E-state index in [4.69, 9.17) is 28.3 Å². The lowest BCUT2D eigenvalue weighted by atomic mass is 10.3. The Bertz CT molecular complexity index is 447. The Morgan fingerprint density at radius 1 is 1.33 bits per heavy atom. The van der Waals surface area contributed by atoms with E-state index in [1.165, 1.54) is 6.07 Å². The van der Waals surface area contributed by atoms with Crippen molar-refractivity contribution >= 4 is 38.9 Å². The first-order valence-electron chi connectivity index (χ1n) is 4.01. The van der Waals surface area contributed by atoms with Crippen molar-refractivity contribution in [1.29, 1.82) is 0 Å². The van der Waals surface area contributed by atoms with Crippen molar-refractivity contribution in [1.82, 2.24) is 0 Å². The smallest absolute Gasteiger partial charge is 0.235 e. The second kappa shape index (κ2) is 5.03. The molecule has 0 fully saturated rings. The van der Waals surface area contributed by atoms with Gasteiger partial charge in [0.15, 0.2) is 0 Å². The molecule has 1 rings (SSSR count). The molecule has 84 valence electrons. The Morgan fingerprint density at radius 3 is 2.60 bits per heavy atom. The van der Waals surface area contributed by atoms with Crippen molar-refractivity contribution in [3.63, 3.8) is 0 Å². The van der Waals surface area contributed by atoms with E-state index < -0.39 is 16.6 Å². The molecule has 2 N–H and O–H groups in total. The zero-order valence-corrected chi connectivity index (χ0v) is 9.90. The number of anilines is 1. The van der Waals surface area contributed by atoms with Gasteiger partial charge in [-0.05, 0) is 12.1 Å². The summed E-state index contributed by atoms with van der Waals surface area (Å²) in [5, 5.41) is 8.93. The van der Waals surface area contributed by atoms with Gasteiger partial charge in [0.25, 0.3) is 0 Å². The van der Waals surface area contributed by atoms with E-state index in [9.17, 15) is 8.42 Å². The Hall–Kier alpha value is -0.490. The summed E-state index contributed by atoms with van der Waals surface area (Å²) < 4.78 is 24.8. The van der Waals surface area contributed by atoms with Crippen LogP contribution >= 0.6 is 23.2 Å². The Labute approximate surface area is 97.9 Å². The average Bonchev–Trinajstić information content (AvgIpc) is 2.12. The van der Waals surface area contributed by atoms with Gasteiger partial charge in [0.1, 0.15) is 0 Å². The largest absolute Gasteiger partial charge is 0.395 e. The SMILES string of the molecule is O=S(=O)(CCO)Nc1cccc(Cl)c1Cl. The molecule has 0 aliphatic carbocycles. The monoisotopic (exact) mass is 269 g/mol. The van der Waals surface area contributed by atoms with E-state index in [1.54, 1.807) is 12.1 Å². The van der Waals surface area contributed by atoms with Crippen LogP contribution in [0.15, 0.2) is 18.2 Å². The molecule has 0 heterocycles. The third-order valence-corrected chi connectivity index (χ3v) is 3.65. The highest BCUT2D eigenvalue weighted by atomic mass is 35.5. The topological polar surface area (TPSA) is 66.4 Å². The molecule has 1 aromatic carbocycles. The molecular formula is C8H9Cl2NO3S. The number of sulfonamides is 1. The third kappa shape index (κ3) is 3.53. The van der Waals surface area contributed by atoms with Crippen LogP contribution in [-0.2, 0) is 10.0 Å². The van der Waals surface area contributed by atoms with Crippen molar-refractivity contribution in [3.8, 4) is 0 Å². The molecule has 4 nitrogen and oxygen atoms in total. The number of aliphatic hydroxyl groups excluding tert-OH is 1. The summed E-state index contributed by atoms with van der Waals surface area (Å²) >= 11 is 11.5. The van der Waals surface area contributed by atoms with E-state index in [0.717, 1.165) is 0 Å². The van der Waals surface area contributed by atoms with Crippen molar-refractivity contribution in [2.75, 3.05) is 17.1 Å². The first kappa shape index (κ1) is 12.6.